The molecule has 6 heteroatoms. The standard InChI is InChI=1S/C22H14N2O3S/c25-19-11-14(20-15-6-2-1-5-13(15)9-10-18(20)27-19)12-28-22-23-17-8-4-3-7-16(17)21(26)24-22/h1-11H,12H2,(H,23,24,26). The van der Waals surface area contributed by atoms with E-state index in [0.717, 1.165) is 21.7 Å². The van der Waals surface area contributed by atoms with Gasteiger partial charge in [0.15, 0.2) is 5.16 Å². The second-order valence-electron chi connectivity index (χ2n) is 6.43. The van der Waals surface area contributed by atoms with Crippen LogP contribution in [0.2, 0.25) is 0 Å². The summed E-state index contributed by atoms with van der Waals surface area (Å²) in [4.78, 5) is 31.6. The van der Waals surface area contributed by atoms with Crippen LogP contribution in [0.1, 0.15) is 5.56 Å². The van der Waals surface area contributed by atoms with E-state index in [4.69, 9.17) is 4.42 Å². The minimum absolute atomic E-state index is 0.170. The number of thioether (sulfide) groups is 1. The van der Waals surface area contributed by atoms with Gasteiger partial charge < -0.3 is 9.40 Å². The molecule has 1 N–H and O–H groups in total. The van der Waals surface area contributed by atoms with Crippen LogP contribution in [0.25, 0.3) is 32.6 Å². The average molecular weight is 386 g/mol. The summed E-state index contributed by atoms with van der Waals surface area (Å²) < 4.78 is 5.40. The van der Waals surface area contributed by atoms with Gasteiger partial charge >= 0.3 is 5.63 Å². The Bertz CT molecular complexity index is 1470. The quantitative estimate of drug-likeness (QED) is 0.214. The van der Waals surface area contributed by atoms with E-state index in [1.165, 1.54) is 17.8 Å². The molecule has 5 aromatic rings. The maximum absolute atomic E-state index is 12.3. The van der Waals surface area contributed by atoms with Crippen molar-refractivity contribution in [2.75, 3.05) is 0 Å². The minimum Gasteiger partial charge on any atom is -0.423 e. The van der Waals surface area contributed by atoms with Gasteiger partial charge in [0, 0.05) is 17.2 Å². The topological polar surface area (TPSA) is 76.0 Å². The molecule has 2 heterocycles. The highest BCUT2D eigenvalue weighted by atomic mass is 32.2. The Balaban J connectivity index is 1.61. The number of aromatic amines is 1. The monoisotopic (exact) mass is 386 g/mol. The lowest BCUT2D eigenvalue weighted by Gasteiger charge is -2.08. The predicted molar refractivity (Wildman–Crippen MR) is 112 cm³/mol. The summed E-state index contributed by atoms with van der Waals surface area (Å²) in [5.41, 5.74) is 1.50. The van der Waals surface area contributed by atoms with Crippen molar-refractivity contribution in [3.05, 3.63) is 93.1 Å². The van der Waals surface area contributed by atoms with Crippen molar-refractivity contribution < 1.29 is 4.42 Å². The Hall–Kier alpha value is -3.38. The van der Waals surface area contributed by atoms with Crippen molar-refractivity contribution >= 4 is 44.4 Å². The fourth-order valence-corrected chi connectivity index (χ4v) is 4.26. The van der Waals surface area contributed by atoms with Crippen LogP contribution in [0.3, 0.4) is 0 Å². The number of nitrogens with zero attached hydrogens (tertiary/aromatic N) is 1. The zero-order chi connectivity index (χ0) is 19.1. The molecule has 5 nitrogen and oxygen atoms in total. The van der Waals surface area contributed by atoms with Crippen LogP contribution in [-0.4, -0.2) is 9.97 Å². The first-order valence-electron chi connectivity index (χ1n) is 8.75. The minimum atomic E-state index is -0.390. The summed E-state index contributed by atoms with van der Waals surface area (Å²) in [5.74, 6) is 0.484. The van der Waals surface area contributed by atoms with Gasteiger partial charge in [-0.05, 0) is 34.5 Å². The molecule has 0 bridgehead atoms. The largest absolute Gasteiger partial charge is 0.423 e. The molecule has 2 aromatic heterocycles. The van der Waals surface area contributed by atoms with E-state index in [-0.39, 0.29) is 5.56 Å². The van der Waals surface area contributed by atoms with Crippen LogP contribution < -0.4 is 11.2 Å². The maximum Gasteiger partial charge on any atom is 0.336 e. The Morgan fingerprint density at radius 2 is 1.71 bits per heavy atom. The number of rotatable bonds is 3. The number of aromatic nitrogens is 2. The van der Waals surface area contributed by atoms with E-state index in [1.54, 1.807) is 6.07 Å². The molecule has 5 rings (SSSR count). The third kappa shape index (κ3) is 2.88. The molecule has 0 unspecified atom stereocenters. The molecule has 0 aliphatic heterocycles. The molecule has 0 atom stereocenters. The van der Waals surface area contributed by atoms with Gasteiger partial charge in [0.25, 0.3) is 5.56 Å². The van der Waals surface area contributed by atoms with Crippen LogP contribution >= 0.6 is 11.8 Å². The fraction of sp³-hybridized carbons (Fsp3) is 0.0455. The molecular formula is C22H14N2O3S. The van der Waals surface area contributed by atoms with Crippen LogP contribution in [0.4, 0.5) is 0 Å². The van der Waals surface area contributed by atoms with Gasteiger partial charge in [-0.1, -0.05) is 54.2 Å². The molecule has 0 aliphatic rings. The second kappa shape index (κ2) is 6.65. The maximum atomic E-state index is 12.3. The van der Waals surface area contributed by atoms with Gasteiger partial charge in [-0.15, -0.1) is 0 Å². The number of benzene rings is 3. The van der Waals surface area contributed by atoms with Gasteiger partial charge in [-0.3, -0.25) is 4.79 Å². The van der Waals surface area contributed by atoms with Crippen LogP contribution in [0.15, 0.2) is 85.9 Å². The Morgan fingerprint density at radius 1 is 0.929 bits per heavy atom. The first kappa shape index (κ1) is 16.8. The number of fused-ring (bicyclic) bond motifs is 4. The fourth-order valence-electron chi connectivity index (χ4n) is 3.41. The van der Waals surface area contributed by atoms with Crippen LogP contribution in [-0.2, 0) is 5.75 Å². The zero-order valence-electron chi connectivity index (χ0n) is 14.6. The van der Waals surface area contributed by atoms with Gasteiger partial charge in [0.1, 0.15) is 5.58 Å². The molecule has 3 aromatic carbocycles. The van der Waals surface area contributed by atoms with E-state index < -0.39 is 5.63 Å². The van der Waals surface area contributed by atoms with Crippen molar-refractivity contribution in [1.82, 2.24) is 9.97 Å². The summed E-state index contributed by atoms with van der Waals surface area (Å²) in [7, 11) is 0. The van der Waals surface area contributed by atoms with E-state index >= 15 is 0 Å². The number of hydrogen-bond donors (Lipinski definition) is 1. The normalized spacial score (nSPS) is 11.4. The highest BCUT2D eigenvalue weighted by Crippen LogP contribution is 2.30. The Labute approximate surface area is 163 Å². The van der Waals surface area contributed by atoms with Gasteiger partial charge in [-0.25, -0.2) is 9.78 Å². The molecule has 136 valence electrons. The van der Waals surface area contributed by atoms with Crippen LogP contribution in [0.5, 0.6) is 0 Å². The molecule has 0 saturated carbocycles. The van der Waals surface area contributed by atoms with Gasteiger partial charge in [0.05, 0.1) is 10.9 Å². The smallest absolute Gasteiger partial charge is 0.336 e. The van der Waals surface area contributed by atoms with Crippen molar-refractivity contribution in [2.24, 2.45) is 0 Å². The van der Waals surface area contributed by atoms with E-state index in [0.29, 0.717) is 27.4 Å². The first-order valence-corrected chi connectivity index (χ1v) is 9.74. The Morgan fingerprint density at radius 3 is 2.61 bits per heavy atom. The first-order chi connectivity index (χ1) is 13.7. The highest BCUT2D eigenvalue weighted by molar-refractivity contribution is 7.98. The molecule has 0 saturated heterocycles. The Kier molecular flexibility index (Phi) is 3.98. The lowest BCUT2D eigenvalue weighted by Crippen LogP contribution is -2.09. The molecule has 0 aliphatic carbocycles. The average Bonchev–Trinajstić information content (AvgIpc) is 2.71. The summed E-state index contributed by atoms with van der Waals surface area (Å²) in [6.45, 7) is 0. The number of H-pyrrole nitrogens is 1. The molecule has 0 radical (unpaired) electrons. The van der Waals surface area contributed by atoms with Crippen molar-refractivity contribution in [3.63, 3.8) is 0 Å². The predicted octanol–water partition coefficient (Wildman–Crippen LogP) is 4.48. The molecular weight excluding hydrogens is 372 g/mol. The molecule has 0 amide bonds. The second-order valence-corrected chi connectivity index (χ2v) is 7.39. The summed E-state index contributed by atoms with van der Waals surface area (Å²) >= 11 is 1.39. The van der Waals surface area contributed by atoms with Gasteiger partial charge in [-0.2, -0.15) is 0 Å². The van der Waals surface area contributed by atoms with E-state index in [1.807, 2.05) is 54.6 Å². The van der Waals surface area contributed by atoms with E-state index in [2.05, 4.69) is 9.97 Å². The van der Waals surface area contributed by atoms with Crippen LogP contribution in [0, 0.1) is 0 Å². The van der Waals surface area contributed by atoms with Crippen molar-refractivity contribution in [3.8, 4) is 0 Å². The van der Waals surface area contributed by atoms with Crippen molar-refractivity contribution in [2.45, 2.75) is 10.9 Å². The summed E-state index contributed by atoms with van der Waals surface area (Å²) in [6.07, 6.45) is 0. The molecule has 28 heavy (non-hydrogen) atoms. The van der Waals surface area contributed by atoms with E-state index in [9.17, 15) is 9.59 Å². The van der Waals surface area contributed by atoms with Gasteiger partial charge in [0.2, 0.25) is 0 Å². The highest BCUT2D eigenvalue weighted by Gasteiger charge is 2.11. The summed E-state index contributed by atoms with van der Waals surface area (Å²) in [5, 5.41) is 4.09. The third-order valence-electron chi connectivity index (χ3n) is 4.67. The number of hydrogen-bond acceptors (Lipinski definition) is 5. The lowest BCUT2D eigenvalue weighted by molar-refractivity contribution is 0.560. The lowest BCUT2D eigenvalue weighted by atomic mass is 10.0. The zero-order valence-corrected chi connectivity index (χ0v) is 15.5. The SMILES string of the molecule is O=c1cc(CSc2nc3ccccc3c(=O)[nH]2)c2c(ccc3ccccc32)o1. The summed E-state index contributed by atoms with van der Waals surface area (Å²) in [6, 6.07) is 20.5. The molecule has 0 fully saturated rings. The third-order valence-corrected chi connectivity index (χ3v) is 5.59. The van der Waals surface area contributed by atoms with Crippen molar-refractivity contribution in [1.29, 1.82) is 0 Å². The number of nitrogens with one attached hydrogen (secondary N) is 1. The number of para-hydroxylation sites is 1. The molecule has 0 spiro atoms.